The molecule has 0 saturated carbocycles. The number of carbonyl (C=O) groups excluding carboxylic acids is 1. The van der Waals surface area contributed by atoms with Gasteiger partial charge in [0, 0.05) is 4.88 Å². The van der Waals surface area contributed by atoms with Gasteiger partial charge in [-0.3, -0.25) is 9.36 Å². The number of amides is 1. The maximum atomic E-state index is 12.3. The lowest BCUT2D eigenvalue weighted by atomic mass is 10.1. The minimum Gasteiger partial charge on any atom is -0.342 e. The summed E-state index contributed by atoms with van der Waals surface area (Å²) >= 11 is 1.62. The number of hydrogen-bond acceptors (Lipinski definition) is 4. The summed E-state index contributed by atoms with van der Waals surface area (Å²) in [5, 5.41) is 12.2. The summed E-state index contributed by atoms with van der Waals surface area (Å²) in [5.74, 6) is 1.58. The lowest BCUT2D eigenvalue weighted by Gasteiger charge is -2.09. The van der Waals surface area contributed by atoms with Gasteiger partial charge in [-0.1, -0.05) is 0 Å². The van der Waals surface area contributed by atoms with E-state index in [1.54, 1.807) is 11.3 Å². The van der Waals surface area contributed by atoms with Crippen molar-refractivity contribution in [3.8, 4) is 5.00 Å². The van der Waals surface area contributed by atoms with Crippen LogP contribution < -0.4 is 5.32 Å². The van der Waals surface area contributed by atoms with E-state index in [0.29, 0.717) is 0 Å². The number of fused-ring (bicyclic) bond motifs is 3. The van der Waals surface area contributed by atoms with Gasteiger partial charge in [-0.05, 0) is 33.3 Å². The molecule has 6 heteroatoms. The van der Waals surface area contributed by atoms with Gasteiger partial charge in [-0.25, -0.2) is 0 Å². The molecule has 0 spiro atoms. The fraction of sp³-hybridized carbons (Fsp3) is 0.417. The average molecular weight is 262 g/mol. The standard InChI is InChI=1S/C12H14N4OS/c1-5-7(3)18-12-9(5)11(17)13-6(2)10-15-14-8(4)16(10)12/h6H,1-4H3,(H,13,17)/t6-/m0/s1. The predicted molar refractivity (Wildman–Crippen MR) is 69.3 cm³/mol. The molecule has 2 aromatic heterocycles. The number of aromatic nitrogens is 3. The molecular formula is C12H14N4OS. The Kier molecular flexibility index (Phi) is 2.31. The van der Waals surface area contributed by atoms with E-state index < -0.39 is 0 Å². The van der Waals surface area contributed by atoms with Crippen LogP contribution in [0, 0.1) is 20.8 Å². The number of rotatable bonds is 0. The second-order valence-electron chi connectivity index (χ2n) is 4.60. The van der Waals surface area contributed by atoms with E-state index in [4.69, 9.17) is 0 Å². The number of nitrogens with one attached hydrogen (secondary N) is 1. The highest BCUT2D eigenvalue weighted by atomic mass is 32.1. The van der Waals surface area contributed by atoms with Gasteiger partial charge in [0.2, 0.25) is 0 Å². The topological polar surface area (TPSA) is 59.8 Å². The molecule has 18 heavy (non-hydrogen) atoms. The average Bonchev–Trinajstić information content (AvgIpc) is 2.77. The highest BCUT2D eigenvalue weighted by Crippen LogP contribution is 2.35. The molecule has 0 fully saturated rings. The first-order valence-corrected chi connectivity index (χ1v) is 6.65. The van der Waals surface area contributed by atoms with Crippen molar-refractivity contribution in [1.82, 2.24) is 20.1 Å². The van der Waals surface area contributed by atoms with Crippen LogP contribution in [0.2, 0.25) is 0 Å². The second kappa shape index (κ2) is 3.65. The highest BCUT2D eigenvalue weighted by Gasteiger charge is 2.30. The fourth-order valence-corrected chi connectivity index (χ4v) is 3.49. The van der Waals surface area contributed by atoms with E-state index in [1.165, 1.54) is 0 Å². The zero-order chi connectivity index (χ0) is 13.0. The summed E-state index contributed by atoms with van der Waals surface area (Å²) < 4.78 is 1.99. The third kappa shape index (κ3) is 1.35. The number of thiophene rings is 1. The lowest BCUT2D eigenvalue weighted by Crippen LogP contribution is -2.26. The van der Waals surface area contributed by atoms with Gasteiger partial charge in [0.05, 0.1) is 11.6 Å². The quantitative estimate of drug-likeness (QED) is 0.790. The molecule has 0 unspecified atom stereocenters. The summed E-state index contributed by atoms with van der Waals surface area (Å²) in [5.41, 5.74) is 1.80. The van der Waals surface area contributed by atoms with Crippen LogP contribution in [-0.2, 0) is 0 Å². The number of nitrogens with zero attached hydrogens (tertiary/aromatic N) is 3. The SMILES string of the molecule is Cc1sc2c(c1C)C(=O)N[C@@H](C)c1nnc(C)n1-2. The molecule has 1 aliphatic rings. The first-order valence-electron chi connectivity index (χ1n) is 5.84. The van der Waals surface area contributed by atoms with Crippen LogP contribution in [0.5, 0.6) is 0 Å². The van der Waals surface area contributed by atoms with E-state index in [2.05, 4.69) is 15.5 Å². The summed E-state index contributed by atoms with van der Waals surface area (Å²) in [4.78, 5) is 13.4. The van der Waals surface area contributed by atoms with Crippen LogP contribution in [0.3, 0.4) is 0 Å². The smallest absolute Gasteiger partial charge is 0.255 e. The molecule has 0 aromatic carbocycles. The Morgan fingerprint density at radius 3 is 2.72 bits per heavy atom. The predicted octanol–water partition coefficient (Wildman–Crippen LogP) is 2.06. The maximum Gasteiger partial charge on any atom is 0.255 e. The van der Waals surface area contributed by atoms with E-state index in [0.717, 1.165) is 32.7 Å². The van der Waals surface area contributed by atoms with E-state index in [-0.39, 0.29) is 11.9 Å². The molecule has 3 rings (SSSR count). The molecule has 5 nitrogen and oxygen atoms in total. The zero-order valence-electron chi connectivity index (χ0n) is 10.7. The molecular weight excluding hydrogens is 248 g/mol. The van der Waals surface area contributed by atoms with Gasteiger partial charge in [-0.2, -0.15) is 0 Å². The van der Waals surface area contributed by atoms with E-state index in [9.17, 15) is 4.79 Å². The third-order valence-electron chi connectivity index (χ3n) is 3.38. The highest BCUT2D eigenvalue weighted by molar-refractivity contribution is 7.15. The minimum atomic E-state index is -0.127. The van der Waals surface area contributed by atoms with Crippen LogP contribution in [0.25, 0.3) is 5.00 Å². The first kappa shape index (κ1) is 11.4. The van der Waals surface area contributed by atoms with Crippen LogP contribution in [0.1, 0.15) is 45.4 Å². The van der Waals surface area contributed by atoms with E-state index >= 15 is 0 Å². The van der Waals surface area contributed by atoms with Gasteiger partial charge < -0.3 is 5.32 Å². The largest absolute Gasteiger partial charge is 0.342 e. The van der Waals surface area contributed by atoms with Crippen LogP contribution in [0.15, 0.2) is 0 Å². The van der Waals surface area contributed by atoms with Crippen LogP contribution >= 0.6 is 11.3 Å². The van der Waals surface area contributed by atoms with E-state index in [1.807, 2.05) is 32.3 Å². The maximum absolute atomic E-state index is 12.3. The molecule has 0 aliphatic carbocycles. The molecule has 0 radical (unpaired) electrons. The van der Waals surface area contributed by atoms with Crippen molar-refractivity contribution >= 4 is 17.2 Å². The molecule has 1 N–H and O–H groups in total. The number of hydrogen-bond donors (Lipinski definition) is 1. The van der Waals surface area contributed by atoms with Gasteiger partial charge in [0.25, 0.3) is 5.91 Å². The van der Waals surface area contributed by atoms with Gasteiger partial charge in [0.1, 0.15) is 10.8 Å². The van der Waals surface area contributed by atoms with Crippen molar-refractivity contribution < 1.29 is 4.79 Å². The summed E-state index contributed by atoms with van der Waals surface area (Å²) in [6, 6.07) is -0.127. The van der Waals surface area contributed by atoms with Crippen LogP contribution in [-0.4, -0.2) is 20.7 Å². The molecule has 1 atom stereocenters. The first-order chi connectivity index (χ1) is 8.50. The van der Waals surface area contributed by atoms with Crippen molar-refractivity contribution in [1.29, 1.82) is 0 Å². The molecule has 94 valence electrons. The molecule has 1 amide bonds. The molecule has 0 saturated heterocycles. The zero-order valence-corrected chi connectivity index (χ0v) is 11.6. The molecule has 0 bridgehead atoms. The Hall–Kier alpha value is -1.69. The van der Waals surface area contributed by atoms with Crippen molar-refractivity contribution in [2.45, 2.75) is 33.7 Å². The molecule has 2 aromatic rings. The Labute approximate surface area is 109 Å². The third-order valence-corrected chi connectivity index (χ3v) is 4.57. The van der Waals surface area contributed by atoms with Crippen molar-refractivity contribution in [3.05, 3.63) is 27.7 Å². The summed E-state index contributed by atoms with van der Waals surface area (Å²) in [6.07, 6.45) is 0. The number of carbonyl (C=O) groups is 1. The van der Waals surface area contributed by atoms with Crippen LogP contribution in [0.4, 0.5) is 0 Å². The van der Waals surface area contributed by atoms with Gasteiger partial charge in [-0.15, -0.1) is 21.5 Å². The lowest BCUT2D eigenvalue weighted by molar-refractivity contribution is 0.0941. The molecule has 1 aliphatic heterocycles. The van der Waals surface area contributed by atoms with Crippen molar-refractivity contribution in [3.63, 3.8) is 0 Å². The second-order valence-corrected chi connectivity index (χ2v) is 5.80. The fourth-order valence-electron chi connectivity index (χ4n) is 2.28. The van der Waals surface area contributed by atoms with Crippen molar-refractivity contribution in [2.24, 2.45) is 0 Å². The summed E-state index contributed by atoms with van der Waals surface area (Å²) in [7, 11) is 0. The normalized spacial score (nSPS) is 18.0. The number of aryl methyl sites for hydroxylation is 2. The molecule has 3 heterocycles. The Balaban J connectivity index is 2.39. The minimum absolute atomic E-state index is 0.0238. The Bertz CT molecular complexity index is 655. The Morgan fingerprint density at radius 2 is 2.00 bits per heavy atom. The van der Waals surface area contributed by atoms with Gasteiger partial charge in [0.15, 0.2) is 5.82 Å². The monoisotopic (exact) mass is 262 g/mol. The Morgan fingerprint density at radius 1 is 1.28 bits per heavy atom. The van der Waals surface area contributed by atoms with Gasteiger partial charge >= 0.3 is 0 Å². The summed E-state index contributed by atoms with van der Waals surface area (Å²) in [6.45, 7) is 7.86. The van der Waals surface area contributed by atoms with Crippen molar-refractivity contribution in [2.75, 3.05) is 0 Å².